The normalized spacial score (nSPS) is 22.8. The van der Waals surface area contributed by atoms with Gasteiger partial charge >= 0.3 is 0 Å². The molecule has 0 aliphatic carbocycles. The van der Waals surface area contributed by atoms with Gasteiger partial charge in [-0.05, 0) is 17.7 Å². The monoisotopic (exact) mass is 294 g/mol. The molecular weight excluding hydrogens is 278 g/mol. The molecule has 3 nitrogen and oxygen atoms in total. The number of aliphatic hydroxyl groups is 1. The molecular formula is C12H17Cl2FN2O. The Morgan fingerprint density at radius 3 is 2.83 bits per heavy atom. The molecule has 0 amide bonds. The van der Waals surface area contributed by atoms with E-state index in [4.69, 9.17) is 11.6 Å². The standard InChI is InChI=1S/C12H16ClFN2O.ClH/c13-11-3-10(14)2-1-8(11)4-15-5-9-6-16-7-12(9)17;/h1-3,9,12,15-17H,4-7H2;1H. The smallest absolute Gasteiger partial charge is 0.124 e. The third-order valence-corrected chi connectivity index (χ3v) is 3.39. The molecule has 6 heteroatoms. The third kappa shape index (κ3) is 4.07. The van der Waals surface area contributed by atoms with Gasteiger partial charge in [-0.2, -0.15) is 0 Å². The summed E-state index contributed by atoms with van der Waals surface area (Å²) in [4.78, 5) is 0. The van der Waals surface area contributed by atoms with E-state index in [1.807, 2.05) is 0 Å². The number of halogens is 3. The predicted octanol–water partition coefficient (Wildman–Crippen LogP) is 1.57. The van der Waals surface area contributed by atoms with Crippen LogP contribution in [0.2, 0.25) is 5.02 Å². The van der Waals surface area contributed by atoms with Crippen molar-refractivity contribution in [3.63, 3.8) is 0 Å². The van der Waals surface area contributed by atoms with Gasteiger partial charge in [0, 0.05) is 37.1 Å². The molecule has 1 aliphatic rings. The molecule has 0 spiro atoms. The van der Waals surface area contributed by atoms with Crippen molar-refractivity contribution in [2.24, 2.45) is 5.92 Å². The summed E-state index contributed by atoms with van der Waals surface area (Å²) in [6, 6.07) is 4.38. The molecule has 2 rings (SSSR count). The molecule has 102 valence electrons. The molecule has 0 bridgehead atoms. The van der Waals surface area contributed by atoms with Gasteiger partial charge in [-0.3, -0.25) is 0 Å². The zero-order chi connectivity index (χ0) is 12.3. The highest BCUT2D eigenvalue weighted by atomic mass is 35.5. The quantitative estimate of drug-likeness (QED) is 0.790. The van der Waals surface area contributed by atoms with Crippen LogP contribution in [-0.2, 0) is 6.54 Å². The molecule has 3 N–H and O–H groups in total. The van der Waals surface area contributed by atoms with Crippen LogP contribution in [0.15, 0.2) is 18.2 Å². The number of rotatable bonds is 4. The number of benzene rings is 1. The Labute approximate surface area is 117 Å². The van der Waals surface area contributed by atoms with Gasteiger partial charge in [-0.1, -0.05) is 17.7 Å². The molecule has 2 unspecified atom stereocenters. The van der Waals surface area contributed by atoms with Gasteiger partial charge in [-0.15, -0.1) is 12.4 Å². The van der Waals surface area contributed by atoms with Gasteiger partial charge in [-0.25, -0.2) is 4.39 Å². The van der Waals surface area contributed by atoms with E-state index < -0.39 is 0 Å². The molecule has 18 heavy (non-hydrogen) atoms. The van der Waals surface area contributed by atoms with Crippen molar-refractivity contribution in [2.45, 2.75) is 12.6 Å². The average Bonchev–Trinajstić information content (AvgIpc) is 2.68. The summed E-state index contributed by atoms with van der Waals surface area (Å²) < 4.78 is 12.8. The van der Waals surface area contributed by atoms with Crippen LogP contribution in [0.1, 0.15) is 5.56 Å². The fourth-order valence-corrected chi connectivity index (χ4v) is 2.22. The zero-order valence-corrected chi connectivity index (χ0v) is 11.4. The van der Waals surface area contributed by atoms with Crippen molar-refractivity contribution in [1.29, 1.82) is 0 Å². The summed E-state index contributed by atoms with van der Waals surface area (Å²) in [5.74, 6) is -0.0941. The Morgan fingerprint density at radius 2 is 2.22 bits per heavy atom. The van der Waals surface area contributed by atoms with E-state index in [9.17, 15) is 9.50 Å². The fraction of sp³-hybridized carbons (Fsp3) is 0.500. The highest BCUT2D eigenvalue weighted by Gasteiger charge is 2.24. The van der Waals surface area contributed by atoms with Crippen molar-refractivity contribution in [3.05, 3.63) is 34.6 Å². The number of β-amino-alcohol motifs (C(OH)–C–C–N with tert-alkyl or cyclic N) is 1. The Balaban J connectivity index is 0.00000162. The van der Waals surface area contributed by atoms with Crippen LogP contribution >= 0.6 is 24.0 Å². The summed E-state index contributed by atoms with van der Waals surface area (Å²) in [6.45, 7) is 2.79. The molecule has 1 fully saturated rings. The van der Waals surface area contributed by atoms with E-state index >= 15 is 0 Å². The largest absolute Gasteiger partial charge is 0.391 e. The molecule has 0 saturated carbocycles. The summed E-state index contributed by atoms with van der Waals surface area (Å²) in [6.07, 6.45) is -0.286. The fourth-order valence-electron chi connectivity index (χ4n) is 1.98. The van der Waals surface area contributed by atoms with Gasteiger partial charge in [0.2, 0.25) is 0 Å². The lowest BCUT2D eigenvalue weighted by Crippen LogP contribution is -2.30. The van der Waals surface area contributed by atoms with E-state index in [0.717, 1.165) is 18.7 Å². The van der Waals surface area contributed by atoms with Crippen molar-refractivity contribution < 1.29 is 9.50 Å². The minimum atomic E-state index is -0.325. The maximum Gasteiger partial charge on any atom is 0.124 e. The van der Waals surface area contributed by atoms with E-state index in [1.165, 1.54) is 12.1 Å². The van der Waals surface area contributed by atoms with Gasteiger partial charge in [0.15, 0.2) is 0 Å². The molecule has 2 atom stereocenters. The van der Waals surface area contributed by atoms with Gasteiger partial charge in [0.25, 0.3) is 0 Å². The Bertz CT molecular complexity index is 392. The zero-order valence-electron chi connectivity index (χ0n) is 9.83. The van der Waals surface area contributed by atoms with Gasteiger partial charge in [0.1, 0.15) is 5.82 Å². The maximum atomic E-state index is 12.8. The molecule has 1 saturated heterocycles. The Morgan fingerprint density at radius 1 is 1.44 bits per heavy atom. The van der Waals surface area contributed by atoms with Crippen molar-refractivity contribution in [2.75, 3.05) is 19.6 Å². The van der Waals surface area contributed by atoms with Crippen molar-refractivity contribution in [3.8, 4) is 0 Å². The van der Waals surface area contributed by atoms with Gasteiger partial charge < -0.3 is 15.7 Å². The predicted molar refractivity (Wildman–Crippen MR) is 72.7 cm³/mol. The van der Waals surface area contributed by atoms with Crippen LogP contribution in [0.25, 0.3) is 0 Å². The summed E-state index contributed by atoms with van der Waals surface area (Å²) in [7, 11) is 0. The minimum Gasteiger partial charge on any atom is -0.391 e. The van der Waals surface area contributed by atoms with E-state index in [1.54, 1.807) is 6.07 Å². The second-order valence-electron chi connectivity index (χ2n) is 4.35. The first-order valence-corrected chi connectivity index (χ1v) is 6.08. The first-order chi connectivity index (χ1) is 8.16. The first kappa shape index (κ1) is 15.7. The topological polar surface area (TPSA) is 44.3 Å². The lowest BCUT2D eigenvalue weighted by molar-refractivity contribution is 0.146. The Hall–Kier alpha value is -0.390. The first-order valence-electron chi connectivity index (χ1n) is 5.70. The lowest BCUT2D eigenvalue weighted by atomic mass is 10.1. The van der Waals surface area contributed by atoms with Crippen LogP contribution in [-0.4, -0.2) is 30.8 Å². The van der Waals surface area contributed by atoms with Crippen LogP contribution in [0.4, 0.5) is 4.39 Å². The molecule has 1 aromatic carbocycles. The summed E-state index contributed by atoms with van der Waals surface area (Å²) in [5, 5.41) is 16.4. The number of hydrogen-bond donors (Lipinski definition) is 3. The van der Waals surface area contributed by atoms with Gasteiger partial charge in [0.05, 0.1) is 6.10 Å². The molecule has 0 aromatic heterocycles. The summed E-state index contributed by atoms with van der Waals surface area (Å²) >= 11 is 5.91. The van der Waals surface area contributed by atoms with E-state index in [0.29, 0.717) is 18.1 Å². The molecule has 1 aliphatic heterocycles. The average molecular weight is 295 g/mol. The highest BCUT2D eigenvalue weighted by molar-refractivity contribution is 6.31. The second-order valence-corrected chi connectivity index (χ2v) is 4.76. The van der Waals surface area contributed by atoms with Crippen LogP contribution in [0.5, 0.6) is 0 Å². The van der Waals surface area contributed by atoms with Crippen LogP contribution in [0, 0.1) is 11.7 Å². The molecule has 1 heterocycles. The SMILES string of the molecule is Cl.OC1CNCC1CNCc1ccc(F)cc1Cl. The minimum absolute atomic E-state index is 0. The number of hydrogen-bond acceptors (Lipinski definition) is 3. The lowest BCUT2D eigenvalue weighted by Gasteiger charge is -2.14. The second kappa shape index (κ2) is 7.26. The molecule has 0 radical (unpaired) electrons. The van der Waals surface area contributed by atoms with Crippen molar-refractivity contribution in [1.82, 2.24) is 10.6 Å². The summed E-state index contributed by atoms with van der Waals surface area (Å²) in [5.41, 5.74) is 0.869. The van der Waals surface area contributed by atoms with Crippen LogP contribution < -0.4 is 10.6 Å². The highest BCUT2D eigenvalue weighted by Crippen LogP contribution is 2.17. The maximum absolute atomic E-state index is 12.8. The Kier molecular flexibility index (Phi) is 6.32. The van der Waals surface area contributed by atoms with E-state index in [2.05, 4.69) is 10.6 Å². The number of aliphatic hydroxyl groups excluding tert-OH is 1. The molecule has 1 aromatic rings. The van der Waals surface area contributed by atoms with Crippen molar-refractivity contribution >= 4 is 24.0 Å². The third-order valence-electron chi connectivity index (χ3n) is 3.04. The number of nitrogens with one attached hydrogen (secondary N) is 2. The van der Waals surface area contributed by atoms with E-state index in [-0.39, 0.29) is 30.2 Å². The van der Waals surface area contributed by atoms with Crippen LogP contribution in [0.3, 0.4) is 0 Å².